The Bertz CT molecular complexity index is 476. The van der Waals surface area contributed by atoms with Crippen molar-refractivity contribution in [3.63, 3.8) is 0 Å². The van der Waals surface area contributed by atoms with Crippen LogP contribution in [-0.2, 0) is 0 Å². The molecule has 0 aromatic carbocycles. The van der Waals surface area contributed by atoms with Gasteiger partial charge in [-0.05, 0) is 43.4 Å². The molecule has 1 saturated carbocycles. The second-order valence-corrected chi connectivity index (χ2v) is 8.49. The van der Waals surface area contributed by atoms with Gasteiger partial charge in [0.15, 0.2) is 5.11 Å². The van der Waals surface area contributed by atoms with E-state index in [4.69, 9.17) is 12.2 Å². The quantitative estimate of drug-likeness (QED) is 0.712. The lowest BCUT2D eigenvalue weighted by Gasteiger charge is -2.31. The average molecular weight is 353 g/mol. The van der Waals surface area contributed by atoms with Gasteiger partial charge in [-0.25, -0.2) is 0 Å². The summed E-state index contributed by atoms with van der Waals surface area (Å²) in [5, 5.41) is 10.2. The second-order valence-electron chi connectivity index (χ2n) is 7.10. The largest absolute Gasteiger partial charge is 0.360 e. The summed E-state index contributed by atoms with van der Waals surface area (Å²) < 4.78 is 0. The van der Waals surface area contributed by atoms with Gasteiger partial charge in [0.05, 0.1) is 24.0 Å². The minimum Gasteiger partial charge on any atom is -0.360 e. The topological polar surface area (TPSA) is 28.5 Å². The zero-order chi connectivity index (χ0) is 16.1. The first-order valence-electron chi connectivity index (χ1n) is 9.19. The molecule has 23 heavy (non-hydrogen) atoms. The highest BCUT2D eigenvalue weighted by Gasteiger charge is 2.33. The summed E-state index contributed by atoms with van der Waals surface area (Å²) in [7, 11) is 0. The van der Waals surface area contributed by atoms with Crippen molar-refractivity contribution in [1.29, 1.82) is 0 Å². The second kappa shape index (κ2) is 8.45. The Morgan fingerprint density at radius 1 is 1.22 bits per heavy atom. The smallest absolute Gasteiger partial charge is 0.166 e. The van der Waals surface area contributed by atoms with Gasteiger partial charge in [-0.15, -0.1) is 11.3 Å². The number of quaternary nitrogens is 1. The van der Waals surface area contributed by atoms with Gasteiger partial charge in [-0.2, -0.15) is 0 Å². The van der Waals surface area contributed by atoms with Gasteiger partial charge < -0.3 is 15.5 Å². The van der Waals surface area contributed by atoms with Crippen molar-refractivity contribution >= 4 is 28.7 Å². The summed E-state index contributed by atoms with van der Waals surface area (Å²) >= 11 is 7.49. The van der Waals surface area contributed by atoms with Gasteiger partial charge in [-0.3, -0.25) is 0 Å². The summed E-state index contributed by atoms with van der Waals surface area (Å²) in [6, 6.07) is 5.92. The molecule has 1 aliphatic heterocycles. The van der Waals surface area contributed by atoms with E-state index in [0.717, 1.165) is 5.11 Å². The van der Waals surface area contributed by atoms with Crippen molar-refractivity contribution in [2.75, 3.05) is 13.1 Å². The minimum atomic E-state index is 0.366. The third kappa shape index (κ3) is 4.68. The molecule has 3 N–H and O–H groups in total. The molecule has 128 valence electrons. The van der Waals surface area contributed by atoms with Crippen LogP contribution in [-0.4, -0.2) is 30.3 Å². The summed E-state index contributed by atoms with van der Waals surface area (Å²) in [6.45, 7) is 4.87. The highest BCUT2D eigenvalue weighted by molar-refractivity contribution is 7.80. The summed E-state index contributed by atoms with van der Waals surface area (Å²) in [6.07, 6.45) is 9.30. The van der Waals surface area contributed by atoms with Gasteiger partial charge in [0.1, 0.15) is 6.04 Å². The Kier molecular flexibility index (Phi) is 6.31. The Balaban J connectivity index is 1.59. The molecule has 1 aliphatic carbocycles. The number of thiophene rings is 1. The van der Waals surface area contributed by atoms with E-state index >= 15 is 0 Å². The number of likely N-dealkylation sites (tertiary alicyclic amines) is 1. The van der Waals surface area contributed by atoms with Crippen LogP contribution in [0, 0.1) is 0 Å². The van der Waals surface area contributed by atoms with Gasteiger partial charge in [-0.1, -0.05) is 25.3 Å². The first-order valence-corrected chi connectivity index (χ1v) is 10.5. The predicted molar refractivity (Wildman–Crippen MR) is 102 cm³/mol. The highest BCUT2D eigenvalue weighted by atomic mass is 32.1. The van der Waals surface area contributed by atoms with E-state index in [-0.39, 0.29) is 0 Å². The molecule has 3 rings (SSSR count). The first kappa shape index (κ1) is 17.2. The molecular formula is C18H30N3S2+. The maximum Gasteiger partial charge on any atom is 0.166 e. The third-order valence-corrected chi connectivity index (χ3v) is 6.53. The lowest BCUT2D eigenvalue weighted by atomic mass is 9.96. The van der Waals surface area contributed by atoms with Crippen molar-refractivity contribution in [3.8, 4) is 0 Å². The summed E-state index contributed by atoms with van der Waals surface area (Å²) in [4.78, 5) is 3.20. The van der Waals surface area contributed by atoms with E-state index in [1.165, 1.54) is 62.9 Å². The van der Waals surface area contributed by atoms with E-state index < -0.39 is 0 Å². The lowest BCUT2D eigenvalue weighted by molar-refractivity contribution is -0.920. The van der Waals surface area contributed by atoms with Crippen LogP contribution in [0.1, 0.15) is 62.8 Å². The minimum absolute atomic E-state index is 0.366. The molecule has 0 spiro atoms. The molecule has 5 heteroatoms. The third-order valence-electron chi connectivity index (χ3n) is 5.33. The SMILES string of the molecule is C[C@H](NC(=S)NC1CCCCC1)[C@H](c1cccs1)[NH+]1CCCC1. The van der Waals surface area contributed by atoms with Crippen LogP contribution in [0.25, 0.3) is 0 Å². The average Bonchev–Trinajstić information content (AvgIpc) is 3.22. The standard InChI is InChI=1S/C18H29N3S2/c1-14(19-18(22)20-15-8-3-2-4-9-15)17(16-10-7-13-23-16)21-11-5-6-12-21/h7,10,13-15,17H,2-6,8-9,11-12H2,1H3,(H2,19,20,22)/p+1/t14-,17+/m0/s1. The van der Waals surface area contributed by atoms with E-state index in [1.54, 1.807) is 4.90 Å². The monoisotopic (exact) mass is 352 g/mol. The molecule has 1 saturated heterocycles. The Labute approximate surface area is 149 Å². The van der Waals surface area contributed by atoms with E-state index in [1.807, 2.05) is 11.3 Å². The van der Waals surface area contributed by atoms with Gasteiger partial charge in [0, 0.05) is 18.9 Å². The van der Waals surface area contributed by atoms with Crippen LogP contribution in [0.2, 0.25) is 0 Å². The molecule has 0 unspecified atom stereocenters. The number of thiocarbonyl (C=S) groups is 1. The molecule has 1 aromatic rings. The fourth-order valence-corrected chi connectivity index (χ4v) is 5.51. The number of nitrogens with one attached hydrogen (secondary N) is 3. The molecule has 0 bridgehead atoms. The molecular weight excluding hydrogens is 322 g/mol. The Hall–Kier alpha value is -0.650. The van der Waals surface area contributed by atoms with Gasteiger partial charge in [0.2, 0.25) is 0 Å². The van der Waals surface area contributed by atoms with Crippen LogP contribution >= 0.6 is 23.6 Å². The molecule has 3 nitrogen and oxygen atoms in total. The molecule has 0 amide bonds. The Morgan fingerprint density at radius 2 is 1.96 bits per heavy atom. The van der Waals surface area contributed by atoms with E-state index in [2.05, 4.69) is 35.1 Å². The van der Waals surface area contributed by atoms with Crippen molar-refractivity contribution in [3.05, 3.63) is 22.4 Å². The summed E-state index contributed by atoms with van der Waals surface area (Å²) in [5.41, 5.74) is 0. The Morgan fingerprint density at radius 3 is 2.61 bits per heavy atom. The van der Waals surface area contributed by atoms with Crippen molar-refractivity contribution in [1.82, 2.24) is 10.6 Å². The maximum absolute atomic E-state index is 5.61. The van der Waals surface area contributed by atoms with Crippen molar-refractivity contribution in [2.24, 2.45) is 0 Å². The molecule has 1 aromatic heterocycles. The molecule has 2 aliphatic rings. The predicted octanol–water partition coefficient (Wildman–Crippen LogP) is 2.65. The van der Waals surface area contributed by atoms with Crippen LogP contribution < -0.4 is 15.5 Å². The van der Waals surface area contributed by atoms with Crippen LogP contribution in [0.3, 0.4) is 0 Å². The zero-order valence-electron chi connectivity index (χ0n) is 14.1. The number of hydrogen-bond donors (Lipinski definition) is 3. The zero-order valence-corrected chi connectivity index (χ0v) is 15.8. The molecule has 2 atom stereocenters. The molecule has 2 heterocycles. The van der Waals surface area contributed by atoms with E-state index in [0.29, 0.717) is 18.1 Å². The summed E-state index contributed by atoms with van der Waals surface area (Å²) in [5.74, 6) is 0. The lowest BCUT2D eigenvalue weighted by Crippen LogP contribution is -3.11. The van der Waals surface area contributed by atoms with Crippen LogP contribution in [0.15, 0.2) is 17.5 Å². The van der Waals surface area contributed by atoms with Crippen LogP contribution in [0.5, 0.6) is 0 Å². The number of rotatable bonds is 5. The van der Waals surface area contributed by atoms with Gasteiger partial charge in [0.25, 0.3) is 0 Å². The normalized spacial score (nSPS) is 22.7. The van der Waals surface area contributed by atoms with Crippen molar-refractivity contribution in [2.45, 2.75) is 70.0 Å². The highest BCUT2D eigenvalue weighted by Crippen LogP contribution is 2.21. The molecule has 0 radical (unpaired) electrons. The maximum atomic E-state index is 5.61. The van der Waals surface area contributed by atoms with Gasteiger partial charge >= 0.3 is 0 Å². The van der Waals surface area contributed by atoms with Crippen LogP contribution in [0.4, 0.5) is 0 Å². The molecule has 2 fully saturated rings. The number of hydrogen-bond acceptors (Lipinski definition) is 2. The fourth-order valence-electron chi connectivity index (χ4n) is 4.17. The first-order chi connectivity index (χ1) is 11.2. The fraction of sp³-hybridized carbons (Fsp3) is 0.722. The van der Waals surface area contributed by atoms with Crippen molar-refractivity contribution < 1.29 is 4.90 Å². The van der Waals surface area contributed by atoms with E-state index in [9.17, 15) is 0 Å².